The number of alkyl halides is 17. The van der Waals surface area contributed by atoms with Crippen molar-refractivity contribution in [3.05, 3.63) is 0 Å². The summed E-state index contributed by atoms with van der Waals surface area (Å²) in [5.74, 6) is -61.2. The fraction of sp³-hybridized carbons (Fsp3) is 0.909. The van der Waals surface area contributed by atoms with Crippen molar-refractivity contribution in [2.45, 2.75) is 54.6 Å². The van der Waals surface area contributed by atoms with Gasteiger partial charge in [-0.15, -0.1) is 0 Å². The second-order valence-electron chi connectivity index (χ2n) is 5.59. The summed E-state index contributed by atoms with van der Waals surface area (Å²) in [7, 11) is 0. The van der Waals surface area contributed by atoms with Crippen molar-refractivity contribution >= 4 is 16.8 Å². The maximum Gasteiger partial charge on any atom is 0.460 e. The Labute approximate surface area is 158 Å². The van der Waals surface area contributed by atoms with Gasteiger partial charge in [0.05, 0.1) is 0 Å². The zero-order valence-electron chi connectivity index (χ0n) is 13.3. The van der Waals surface area contributed by atoms with E-state index in [2.05, 4.69) is 11.6 Å². The van der Waals surface area contributed by atoms with Crippen LogP contribution in [0.2, 0.25) is 0 Å². The maximum atomic E-state index is 13.4. The fourth-order valence-corrected chi connectivity index (χ4v) is 1.73. The smallest absolute Gasteiger partial charge is 0.281 e. The van der Waals surface area contributed by atoms with Crippen LogP contribution < -0.4 is 0 Å². The summed E-state index contributed by atoms with van der Waals surface area (Å²) < 4.78 is 219. The van der Waals surface area contributed by atoms with Gasteiger partial charge in [-0.1, -0.05) is 0 Å². The number of hydrogen-bond acceptors (Lipinski definition) is 1. The second kappa shape index (κ2) is 7.15. The van der Waals surface area contributed by atoms with Crippen LogP contribution in [-0.4, -0.2) is 52.9 Å². The molecule has 0 amide bonds. The number of carbonyl (C=O) groups is 1. The van der Waals surface area contributed by atoms with E-state index in [1.165, 1.54) is 0 Å². The van der Waals surface area contributed by atoms with Gasteiger partial charge < -0.3 is 0 Å². The summed E-state index contributed by atoms with van der Waals surface area (Å²) in [6, 6.07) is 0. The highest BCUT2D eigenvalue weighted by molar-refractivity contribution is 6.64. The van der Waals surface area contributed by atoms with Crippen LogP contribution >= 0.6 is 11.6 Å². The number of halogens is 18. The molecule has 0 aliphatic carbocycles. The lowest BCUT2D eigenvalue weighted by atomic mass is 9.86. The molecule has 30 heavy (non-hydrogen) atoms. The SMILES string of the molecule is CC(C(=O)Cl)C(F)(F)C(F)(F)C(F)(F)C(F)(F)C(F)(F)C(F)(F)C(F)(F)C(F)(F)F. The Hall–Kier alpha value is -1.23. The number of rotatable bonds is 8. The third-order valence-corrected chi connectivity index (χ3v) is 3.96. The molecule has 1 nitrogen and oxygen atoms in total. The van der Waals surface area contributed by atoms with Crippen LogP contribution in [0.1, 0.15) is 6.92 Å². The van der Waals surface area contributed by atoms with Crippen LogP contribution in [0.4, 0.5) is 74.6 Å². The predicted molar refractivity (Wildman–Crippen MR) is 60.7 cm³/mol. The summed E-state index contributed by atoms with van der Waals surface area (Å²) in [5.41, 5.74) is 0. The van der Waals surface area contributed by atoms with Gasteiger partial charge >= 0.3 is 47.6 Å². The molecule has 0 fully saturated rings. The zero-order chi connectivity index (χ0) is 25.2. The summed E-state index contributed by atoms with van der Waals surface area (Å²) in [5, 5.41) is -2.65. The first-order chi connectivity index (χ1) is 12.6. The quantitative estimate of drug-likeness (QED) is 0.273. The van der Waals surface area contributed by atoms with E-state index in [1.54, 1.807) is 0 Å². The van der Waals surface area contributed by atoms with Crippen molar-refractivity contribution in [1.82, 2.24) is 0 Å². The van der Waals surface area contributed by atoms with Gasteiger partial charge in [-0.2, -0.15) is 74.6 Å². The van der Waals surface area contributed by atoms with Gasteiger partial charge in [0.2, 0.25) is 5.24 Å². The molecule has 0 aliphatic heterocycles. The normalized spacial score (nSPS) is 17.2. The summed E-state index contributed by atoms with van der Waals surface area (Å²) in [4.78, 5) is 10.4. The van der Waals surface area contributed by atoms with Crippen LogP contribution in [0.15, 0.2) is 0 Å². The lowest BCUT2D eigenvalue weighted by molar-refractivity contribution is -0.462. The lowest BCUT2D eigenvalue weighted by Gasteiger charge is -2.43. The Balaban J connectivity index is 6.81. The summed E-state index contributed by atoms with van der Waals surface area (Å²) >= 11 is 4.28. The molecule has 0 bridgehead atoms. The van der Waals surface area contributed by atoms with Crippen LogP contribution in [0, 0.1) is 5.92 Å². The van der Waals surface area contributed by atoms with Crippen molar-refractivity contribution in [2.24, 2.45) is 5.92 Å². The highest BCUT2D eigenvalue weighted by Crippen LogP contribution is 2.64. The first-order valence-corrected chi connectivity index (χ1v) is 6.89. The van der Waals surface area contributed by atoms with E-state index in [9.17, 15) is 79.4 Å². The Kier molecular flexibility index (Phi) is 6.85. The molecular weight excluding hydrogens is 507 g/mol. The minimum absolute atomic E-state index is 0.429. The minimum atomic E-state index is -8.70. The van der Waals surface area contributed by atoms with Gasteiger partial charge in [-0.3, -0.25) is 4.79 Å². The molecule has 0 heterocycles. The fourth-order valence-electron chi connectivity index (χ4n) is 1.59. The van der Waals surface area contributed by atoms with E-state index in [-0.39, 0.29) is 0 Å². The molecule has 1 unspecified atom stereocenters. The van der Waals surface area contributed by atoms with Gasteiger partial charge in [0, 0.05) is 0 Å². The standard InChI is InChI=1S/C11H4ClF17O/c1-2(3(12)30)4(13,14)5(15,16)6(17,18)7(19,20)8(21,22)9(23,24)10(25,26)11(27,28)29/h2H,1H3. The van der Waals surface area contributed by atoms with Crippen LogP contribution in [0.5, 0.6) is 0 Å². The highest BCUT2D eigenvalue weighted by atomic mass is 35.5. The van der Waals surface area contributed by atoms with Crippen molar-refractivity contribution in [3.8, 4) is 0 Å². The van der Waals surface area contributed by atoms with Gasteiger partial charge in [-0.25, -0.2) is 0 Å². The van der Waals surface area contributed by atoms with E-state index in [0.717, 1.165) is 0 Å². The molecule has 0 aromatic rings. The van der Waals surface area contributed by atoms with E-state index in [4.69, 9.17) is 0 Å². The average Bonchev–Trinajstić information content (AvgIpc) is 2.51. The Morgan fingerprint density at radius 2 is 0.767 bits per heavy atom. The molecule has 1 atom stereocenters. The molecule has 0 aromatic carbocycles. The predicted octanol–water partition coefficient (Wildman–Crippen LogP) is 6.40. The molecule has 180 valence electrons. The van der Waals surface area contributed by atoms with Crippen LogP contribution in [0.3, 0.4) is 0 Å². The van der Waals surface area contributed by atoms with Gasteiger partial charge in [0.15, 0.2) is 0 Å². The summed E-state index contributed by atoms with van der Waals surface area (Å²) in [6.07, 6.45) is -7.81. The van der Waals surface area contributed by atoms with Crippen LogP contribution in [0.25, 0.3) is 0 Å². The molecule has 19 heteroatoms. The number of carbonyl (C=O) groups excluding carboxylic acids is 1. The van der Waals surface area contributed by atoms with E-state index < -0.39 is 65.7 Å². The summed E-state index contributed by atoms with van der Waals surface area (Å²) in [6.45, 7) is -0.429. The highest BCUT2D eigenvalue weighted by Gasteiger charge is 2.95. The van der Waals surface area contributed by atoms with E-state index >= 15 is 0 Å². The van der Waals surface area contributed by atoms with Gasteiger partial charge in [-0.05, 0) is 18.5 Å². The Bertz CT molecular complexity index is 663. The molecule has 0 radical (unpaired) electrons. The monoisotopic (exact) mass is 510 g/mol. The van der Waals surface area contributed by atoms with Gasteiger partial charge in [0.1, 0.15) is 5.92 Å². The topological polar surface area (TPSA) is 17.1 Å². The minimum Gasteiger partial charge on any atom is -0.281 e. The molecule has 0 aromatic heterocycles. The molecule has 0 N–H and O–H groups in total. The van der Waals surface area contributed by atoms with Crippen molar-refractivity contribution in [2.75, 3.05) is 0 Å². The molecule has 0 spiro atoms. The zero-order valence-corrected chi connectivity index (χ0v) is 14.0. The molecule has 0 saturated heterocycles. The third kappa shape index (κ3) is 3.45. The molecular formula is C11H4ClF17O. The first kappa shape index (κ1) is 28.8. The van der Waals surface area contributed by atoms with E-state index in [0.29, 0.717) is 0 Å². The maximum absolute atomic E-state index is 13.4. The Morgan fingerprint density at radius 1 is 0.533 bits per heavy atom. The van der Waals surface area contributed by atoms with Crippen molar-refractivity contribution in [3.63, 3.8) is 0 Å². The second-order valence-corrected chi connectivity index (χ2v) is 5.97. The molecule has 0 saturated carbocycles. The largest absolute Gasteiger partial charge is 0.460 e. The lowest BCUT2D eigenvalue weighted by Crippen LogP contribution is -2.75. The molecule has 0 aliphatic rings. The van der Waals surface area contributed by atoms with E-state index in [1.807, 2.05) is 0 Å². The number of hydrogen-bond donors (Lipinski definition) is 0. The van der Waals surface area contributed by atoms with Crippen molar-refractivity contribution in [1.29, 1.82) is 0 Å². The first-order valence-electron chi connectivity index (χ1n) is 6.51. The Morgan fingerprint density at radius 3 is 1.00 bits per heavy atom. The van der Waals surface area contributed by atoms with Crippen LogP contribution in [-0.2, 0) is 4.79 Å². The van der Waals surface area contributed by atoms with Crippen molar-refractivity contribution < 1.29 is 79.4 Å². The molecule has 0 rings (SSSR count). The third-order valence-electron chi connectivity index (χ3n) is 3.63. The van der Waals surface area contributed by atoms with Gasteiger partial charge in [0.25, 0.3) is 0 Å². The average molecular weight is 511 g/mol.